The molecule has 0 atom stereocenters. The van der Waals surface area contributed by atoms with E-state index < -0.39 is 12.0 Å². The Hall–Kier alpha value is -2.35. The van der Waals surface area contributed by atoms with Crippen molar-refractivity contribution in [2.24, 2.45) is 0 Å². The summed E-state index contributed by atoms with van der Waals surface area (Å²) in [7, 11) is 0. The van der Waals surface area contributed by atoms with Gasteiger partial charge in [-0.3, -0.25) is 0 Å². The van der Waals surface area contributed by atoms with E-state index in [0.29, 0.717) is 4.68 Å². The van der Waals surface area contributed by atoms with Crippen LogP contribution in [-0.4, -0.2) is 24.8 Å². The molecule has 2 heterocycles. The van der Waals surface area contributed by atoms with Crippen molar-refractivity contribution in [2.45, 2.75) is 16.4 Å². The molecule has 0 fully saturated rings. The lowest BCUT2D eigenvalue weighted by molar-refractivity contribution is -0.146. The number of alkyl halides is 3. The quantitative estimate of drug-likeness (QED) is 0.815. The summed E-state index contributed by atoms with van der Waals surface area (Å²) in [5.74, 6) is 3.93. The maximum atomic E-state index is 12.4. The van der Waals surface area contributed by atoms with Crippen LogP contribution in [-0.2, 0) is 6.18 Å². The molecular formula is C8H4F3N7S. The van der Waals surface area contributed by atoms with E-state index in [4.69, 9.17) is 11.1 Å². The molecule has 0 radical (unpaired) electrons. The average Bonchev–Trinajstić information content (AvgIpc) is 2.72. The lowest BCUT2D eigenvalue weighted by Gasteiger charge is -2.05. The van der Waals surface area contributed by atoms with Crippen molar-refractivity contribution < 1.29 is 13.2 Å². The lowest BCUT2D eigenvalue weighted by Crippen LogP contribution is -2.21. The standard InChI is InChI=1S/C8H4F3N7S/c9-8(10,11)6-16-17-7(18(6)13)19-5-3-14-4(1-12)2-15-5/h2-3H,13H2. The van der Waals surface area contributed by atoms with E-state index in [0.717, 1.165) is 11.8 Å². The number of nitrogens with two attached hydrogens (primary N) is 1. The Bertz CT molecular complexity index is 627. The highest BCUT2D eigenvalue weighted by Gasteiger charge is 2.38. The zero-order valence-corrected chi connectivity index (χ0v) is 9.77. The third kappa shape index (κ3) is 2.74. The topological polar surface area (TPSA) is 106 Å². The molecule has 2 aromatic rings. The first-order valence-corrected chi connectivity index (χ1v) is 5.41. The number of rotatable bonds is 2. The van der Waals surface area contributed by atoms with E-state index in [1.54, 1.807) is 6.07 Å². The van der Waals surface area contributed by atoms with Gasteiger partial charge < -0.3 is 5.84 Å². The molecule has 0 saturated heterocycles. The van der Waals surface area contributed by atoms with Crippen molar-refractivity contribution in [3.05, 3.63) is 23.9 Å². The van der Waals surface area contributed by atoms with Crippen molar-refractivity contribution in [2.75, 3.05) is 5.84 Å². The minimum absolute atomic E-state index is 0.0922. The molecule has 0 bridgehead atoms. The van der Waals surface area contributed by atoms with E-state index in [1.807, 2.05) is 0 Å². The maximum Gasteiger partial charge on any atom is 0.453 e. The first-order chi connectivity index (χ1) is 8.91. The van der Waals surface area contributed by atoms with Gasteiger partial charge in [-0.05, 0) is 11.8 Å². The lowest BCUT2D eigenvalue weighted by atomic mass is 10.5. The average molecular weight is 287 g/mol. The van der Waals surface area contributed by atoms with Crippen LogP contribution in [0.3, 0.4) is 0 Å². The summed E-state index contributed by atoms with van der Waals surface area (Å²) in [4.78, 5) is 7.53. The Morgan fingerprint density at radius 2 is 2.00 bits per heavy atom. The van der Waals surface area contributed by atoms with E-state index in [9.17, 15) is 13.2 Å². The molecule has 0 aromatic carbocycles. The second-order valence-corrected chi connectivity index (χ2v) is 4.12. The highest BCUT2D eigenvalue weighted by atomic mass is 32.2. The van der Waals surface area contributed by atoms with Gasteiger partial charge in [0.25, 0.3) is 5.82 Å². The Balaban J connectivity index is 2.24. The van der Waals surface area contributed by atoms with Crippen LogP contribution < -0.4 is 5.84 Å². The van der Waals surface area contributed by atoms with Gasteiger partial charge in [0.05, 0.1) is 12.4 Å². The Morgan fingerprint density at radius 1 is 1.26 bits per heavy atom. The van der Waals surface area contributed by atoms with Gasteiger partial charge in [-0.1, -0.05) is 0 Å². The number of halogens is 3. The number of aromatic nitrogens is 5. The molecule has 2 aromatic heterocycles. The summed E-state index contributed by atoms with van der Waals surface area (Å²) >= 11 is 0.752. The molecule has 0 aliphatic rings. The Labute approximate surface area is 108 Å². The highest BCUT2D eigenvalue weighted by molar-refractivity contribution is 7.99. The van der Waals surface area contributed by atoms with Crippen LogP contribution in [0.15, 0.2) is 22.6 Å². The van der Waals surface area contributed by atoms with Crippen LogP contribution >= 0.6 is 11.8 Å². The molecule has 0 aliphatic heterocycles. The monoisotopic (exact) mass is 287 g/mol. The summed E-state index contributed by atoms with van der Waals surface area (Å²) in [6.45, 7) is 0. The third-order valence-electron chi connectivity index (χ3n) is 1.86. The normalized spacial score (nSPS) is 11.3. The Kier molecular flexibility index (Phi) is 3.26. The summed E-state index contributed by atoms with van der Waals surface area (Å²) in [6.07, 6.45) is -2.27. The second kappa shape index (κ2) is 4.73. The summed E-state index contributed by atoms with van der Waals surface area (Å²) in [6, 6.07) is 1.76. The predicted molar refractivity (Wildman–Crippen MR) is 56.0 cm³/mol. The molecular weight excluding hydrogens is 283 g/mol. The summed E-state index contributed by atoms with van der Waals surface area (Å²) in [5, 5.41) is 14.9. The van der Waals surface area contributed by atoms with Crippen molar-refractivity contribution >= 4 is 11.8 Å². The molecule has 2 N–H and O–H groups in total. The highest BCUT2D eigenvalue weighted by Crippen LogP contribution is 2.30. The summed E-state index contributed by atoms with van der Waals surface area (Å²) < 4.78 is 37.6. The third-order valence-corrected chi connectivity index (χ3v) is 2.74. The number of nitrogens with zero attached hydrogens (tertiary/aromatic N) is 6. The zero-order chi connectivity index (χ0) is 14.0. The van der Waals surface area contributed by atoms with Gasteiger partial charge in [0, 0.05) is 0 Å². The maximum absolute atomic E-state index is 12.4. The van der Waals surface area contributed by atoms with Crippen molar-refractivity contribution in [1.82, 2.24) is 24.8 Å². The van der Waals surface area contributed by atoms with Gasteiger partial charge in [-0.15, -0.1) is 10.2 Å². The predicted octanol–water partition coefficient (Wildman–Crippen LogP) is 0.824. The molecule has 11 heteroatoms. The van der Waals surface area contributed by atoms with Gasteiger partial charge >= 0.3 is 6.18 Å². The first kappa shape index (κ1) is 13.1. The van der Waals surface area contributed by atoms with Crippen LogP contribution in [0.5, 0.6) is 0 Å². The second-order valence-electron chi connectivity index (χ2n) is 3.13. The Morgan fingerprint density at radius 3 is 2.47 bits per heavy atom. The minimum Gasteiger partial charge on any atom is -0.335 e. The molecule has 19 heavy (non-hydrogen) atoms. The van der Waals surface area contributed by atoms with E-state index >= 15 is 0 Å². The number of nitrogen functional groups attached to an aromatic ring is 1. The van der Waals surface area contributed by atoms with Gasteiger partial charge in [0.1, 0.15) is 11.1 Å². The van der Waals surface area contributed by atoms with Crippen LogP contribution in [0.4, 0.5) is 13.2 Å². The zero-order valence-electron chi connectivity index (χ0n) is 8.96. The van der Waals surface area contributed by atoms with Crippen LogP contribution in [0.1, 0.15) is 11.5 Å². The van der Waals surface area contributed by atoms with Gasteiger partial charge in [0.2, 0.25) is 5.16 Å². The molecule has 2 rings (SSSR count). The van der Waals surface area contributed by atoms with Crippen LogP contribution in [0.25, 0.3) is 0 Å². The van der Waals surface area contributed by atoms with Gasteiger partial charge in [-0.25, -0.2) is 14.6 Å². The molecule has 7 nitrogen and oxygen atoms in total. The fourth-order valence-corrected chi connectivity index (χ4v) is 1.72. The van der Waals surface area contributed by atoms with E-state index in [-0.39, 0.29) is 15.9 Å². The van der Waals surface area contributed by atoms with Crippen molar-refractivity contribution in [3.63, 3.8) is 0 Å². The SMILES string of the molecule is N#Cc1cnc(Sc2nnc(C(F)(F)F)n2N)cn1. The van der Waals surface area contributed by atoms with Gasteiger partial charge in [0.15, 0.2) is 5.69 Å². The number of hydrogen-bond donors (Lipinski definition) is 1. The van der Waals surface area contributed by atoms with Crippen LogP contribution in [0, 0.1) is 11.3 Å². The molecule has 98 valence electrons. The molecule has 0 amide bonds. The fraction of sp³-hybridized carbons (Fsp3) is 0.125. The first-order valence-electron chi connectivity index (χ1n) is 4.59. The number of hydrogen-bond acceptors (Lipinski definition) is 7. The molecule has 0 aliphatic carbocycles. The van der Waals surface area contributed by atoms with E-state index in [2.05, 4.69) is 20.2 Å². The van der Waals surface area contributed by atoms with E-state index in [1.165, 1.54) is 12.4 Å². The molecule has 0 saturated carbocycles. The number of nitriles is 1. The van der Waals surface area contributed by atoms with Crippen molar-refractivity contribution in [1.29, 1.82) is 5.26 Å². The van der Waals surface area contributed by atoms with Crippen molar-refractivity contribution in [3.8, 4) is 6.07 Å². The summed E-state index contributed by atoms with van der Waals surface area (Å²) in [5.41, 5.74) is 0.0922. The fourth-order valence-electron chi connectivity index (χ4n) is 1.06. The van der Waals surface area contributed by atoms with Gasteiger partial charge in [-0.2, -0.15) is 18.4 Å². The minimum atomic E-state index is -4.68. The largest absolute Gasteiger partial charge is 0.453 e. The smallest absolute Gasteiger partial charge is 0.335 e. The molecule has 0 unspecified atom stereocenters. The molecule has 0 spiro atoms. The van der Waals surface area contributed by atoms with Crippen LogP contribution in [0.2, 0.25) is 0 Å².